The second-order valence-electron chi connectivity index (χ2n) is 4.78. The van der Waals surface area contributed by atoms with Gasteiger partial charge in [0.1, 0.15) is 5.82 Å². The van der Waals surface area contributed by atoms with Crippen LogP contribution in [0, 0.1) is 11.7 Å². The highest BCUT2D eigenvalue weighted by Crippen LogP contribution is 2.42. The van der Waals surface area contributed by atoms with Gasteiger partial charge in [0.15, 0.2) is 0 Å². The van der Waals surface area contributed by atoms with Crippen molar-refractivity contribution in [3.8, 4) is 0 Å². The molecular formula is C15H14FNOS. The molecule has 1 aromatic heterocycles. The molecule has 1 unspecified atom stereocenters. The lowest BCUT2D eigenvalue weighted by molar-refractivity contribution is 0.0928. The van der Waals surface area contributed by atoms with Gasteiger partial charge in [-0.05, 0) is 42.3 Å². The number of nitrogens with one attached hydrogen (secondary N) is 1. The topological polar surface area (TPSA) is 29.1 Å². The molecule has 0 aliphatic heterocycles. The molecule has 0 spiro atoms. The Morgan fingerprint density at radius 2 is 2.05 bits per heavy atom. The van der Waals surface area contributed by atoms with Gasteiger partial charge in [-0.15, -0.1) is 11.3 Å². The fourth-order valence-electron chi connectivity index (χ4n) is 2.18. The van der Waals surface area contributed by atoms with Crippen LogP contribution >= 0.6 is 11.3 Å². The van der Waals surface area contributed by atoms with Gasteiger partial charge in [0, 0.05) is 4.88 Å². The van der Waals surface area contributed by atoms with Crippen molar-refractivity contribution < 1.29 is 9.18 Å². The molecule has 1 saturated carbocycles. The Kier molecular flexibility index (Phi) is 3.34. The van der Waals surface area contributed by atoms with E-state index in [-0.39, 0.29) is 17.5 Å². The van der Waals surface area contributed by atoms with E-state index < -0.39 is 5.82 Å². The van der Waals surface area contributed by atoms with Gasteiger partial charge in [-0.3, -0.25) is 4.79 Å². The van der Waals surface area contributed by atoms with Crippen LogP contribution in [0.3, 0.4) is 0 Å². The molecule has 0 radical (unpaired) electrons. The summed E-state index contributed by atoms with van der Waals surface area (Å²) >= 11 is 1.63. The lowest BCUT2D eigenvalue weighted by atomic mass is 10.1. The third-order valence-electron chi connectivity index (χ3n) is 3.35. The zero-order chi connectivity index (χ0) is 13.2. The first-order valence-electron chi connectivity index (χ1n) is 6.34. The minimum Gasteiger partial charge on any atom is -0.344 e. The molecule has 1 fully saturated rings. The van der Waals surface area contributed by atoms with E-state index in [1.807, 2.05) is 17.5 Å². The van der Waals surface area contributed by atoms with Gasteiger partial charge >= 0.3 is 0 Å². The highest BCUT2D eigenvalue weighted by molar-refractivity contribution is 7.10. The minimum atomic E-state index is -0.472. The smallest absolute Gasteiger partial charge is 0.254 e. The standard InChI is InChI=1S/C15H14FNOS/c16-12-5-2-1-4-11(12)15(18)17-14(10-7-8-10)13-6-3-9-19-13/h1-6,9-10,14H,7-8H2,(H,17,18). The highest BCUT2D eigenvalue weighted by atomic mass is 32.1. The summed E-state index contributed by atoms with van der Waals surface area (Å²) in [5.74, 6) is -0.307. The van der Waals surface area contributed by atoms with Crippen molar-refractivity contribution >= 4 is 17.2 Å². The molecule has 1 heterocycles. The van der Waals surface area contributed by atoms with Crippen LogP contribution in [0.2, 0.25) is 0 Å². The first-order chi connectivity index (χ1) is 9.25. The molecule has 2 aromatic rings. The number of amides is 1. The fraction of sp³-hybridized carbons (Fsp3) is 0.267. The highest BCUT2D eigenvalue weighted by Gasteiger charge is 2.34. The first-order valence-corrected chi connectivity index (χ1v) is 7.22. The Morgan fingerprint density at radius 1 is 1.26 bits per heavy atom. The predicted octanol–water partition coefficient (Wildman–Crippen LogP) is 3.77. The van der Waals surface area contributed by atoms with Crippen LogP contribution in [0.15, 0.2) is 41.8 Å². The number of thiophene rings is 1. The lowest BCUT2D eigenvalue weighted by Crippen LogP contribution is -2.30. The molecule has 3 rings (SSSR count). The molecule has 98 valence electrons. The third-order valence-corrected chi connectivity index (χ3v) is 4.30. The van der Waals surface area contributed by atoms with E-state index in [2.05, 4.69) is 5.32 Å². The van der Waals surface area contributed by atoms with Crippen molar-refractivity contribution in [1.29, 1.82) is 0 Å². The number of hydrogen-bond acceptors (Lipinski definition) is 2. The summed E-state index contributed by atoms with van der Waals surface area (Å²) < 4.78 is 13.6. The van der Waals surface area contributed by atoms with E-state index >= 15 is 0 Å². The second-order valence-corrected chi connectivity index (χ2v) is 5.76. The van der Waals surface area contributed by atoms with Crippen molar-refractivity contribution in [2.24, 2.45) is 5.92 Å². The molecule has 0 bridgehead atoms. The van der Waals surface area contributed by atoms with Gasteiger partial charge in [0.25, 0.3) is 5.91 Å². The Hall–Kier alpha value is -1.68. The Labute approximate surface area is 115 Å². The second kappa shape index (κ2) is 5.13. The number of carbonyl (C=O) groups excluding carboxylic acids is 1. The number of benzene rings is 1. The van der Waals surface area contributed by atoms with E-state index in [1.54, 1.807) is 23.5 Å². The van der Waals surface area contributed by atoms with E-state index in [9.17, 15) is 9.18 Å². The van der Waals surface area contributed by atoms with E-state index in [4.69, 9.17) is 0 Å². The molecular weight excluding hydrogens is 261 g/mol. The lowest BCUT2D eigenvalue weighted by Gasteiger charge is -2.17. The van der Waals surface area contributed by atoms with Crippen molar-refractivity contribution in [3.05, 3.63) is 58.0 Å². The summed E-state index contributed by atoms with van der Waals surface area (Å²) in [6.07, 6.45) is 2.25. The maximum absolute atomic E-state index is 13.6. The summed E-state index contributed by atoms with van der Waals surface area (Å²) in [5, 5.41) is 4.97. The van der Waals surface area contributed by atoms with Gasteiger partial charge in [-0.25, -0.2) is 4.39 Å². The van der Waals surface area contributed by atoms with E-state index in [0.717, 1.165) is 17.7 Å². The summed E-state index contributed by atoms with van der Waals surface area (Å²) in [5.41, 5.74) is 0.115. The SMILES string of the molecule is O=C(NC(c1cccs1)C1CC1)c1ccccc1F. The largest absolute Gasteiger partial charge is 0.344 e. The van der Waals surface area contributed by atoms with Crippen molar-refractivity contribution in [2.45, 2.75) is 18.9 Å². The quantitative estimate of drug-likeness (QED) is 0.904. The Bertz CT molecular complexity index is 578. The predicted molar refractivity (Wildman–Crippen MR) is 73.7 cm³/mol. The Morgan fingerprint density at radius 3 is 2.68 bits per heavy atom. The van der Waals surface area contributed by atoms with Gasteiger partial charge in [-0.1, -0.05) is 18.2 Å². The van der Waals surface area contributed by atoms with Crippen LogP contribution < -0.4 is 5.32 Å². The zero-order valence-corrected chi connectivity index (χ0v) is 11.1. The zero-order valence-electron chi connectivity index (χ0n) is 10.3. The van der Waals surface area contributed by atoms with E-state index in [0.29, 0.717) is 5.92 Å². The molecule has 1 aliphatic rings. The summed E-state index contributed by atoms with van der Waals surface area (Å²) in [6.45, 7) is 0. The van der Waals surface area contributed by atoms with Crippen LogP contribution in [0.25, 0.3) is 0 Å². The summed E-state index contributed by atoms with van der Waals surface area (Å²) in [4.78, 5) is 13.3. The van der Waals surface area contributed by atoms with Crippen LogP contribution in [0.1, 0.15) is 34.1 Å². The molecule has 19 heavy (non-hydrogen) atoms. The monoisotopic (exact) mass is 275 g/mol. The van der Waals surface area contributed by atoms with Gasteiger partial charge in [0.05, 0.1) is 11.6 Å². The van der Waals surface area contributed by atoms with Gasteiger partial charge in [-0.2, -0.15) is 0 Å². The first kappa shape index (κ1) is 12.4. The molecule has 1 amide bonds. The molecule has 4 heteroatoms. The van der Waals surface area contributed by atoms with E-state index in [1.165, 1.54) is 12.1 Å². The minimum absolute atomic E-state index is 0.0205. The summed E-state index contributed by atoms with van der Waals surface area (Å²) in [7, 11) is 0. The fourth-order valence-corrected chi connectivity index (χ4v) is 3.05. The van der Waals surface area contributed by atoms with Gasteiger partial charge < -0.3 is 5.32 Å². The number of carbonyl (C=O) groups is 1. The molecule has 2 nitrogen and oxygen atoms in total. The molecule has 1 aliphatic carbocycles. The van der Waals surface area contributed by atoms with Crippen molar-refractivity contribution in [1.82, 2.24) is 5.32 Å². The van der Waals surface area contributed by atoms with Crippen LogP contribution in [0.4, 0.5) is 4.39 Å². The van der Waals surface area contributed by atoms with Crippen LogP contribution in [-0.2, 0) is 0 Å². The average molecular weight is 275 g/mol. The normalized spacial score (nSPS) is 16.1. The Balaban J connectivity index is 1.79. The molecule has 1 aromatic carbocycles. The maximum Gasteiger partial charge on any atom is 0.254 e. The van der Waals surface area contributed by atoms with Crippen molar-refractivity contribution in [3.63, 3.8) is 0 Å². The van der Waals surface area contributed by atoms with Gasteiger partial charge in [0.2, 0.25) is 0 Å². The van der Waals surface area contributed by atoms with Crippen molar-refractivity contribution in [2.75, 3.05) is 0 Å². The number of hydrogen-bond donors (Lipinski definition) is 1. The molecule has 0 saturated heterocycles. The summed E-state index contributed by atoms with van der Waals surface area (Å²) in [6, 6.07) is 10.1. The van der Waals surface area contributed by atoms with Crippen LogP contribution in [0.5, 0.6) is 0 Å². The molecule has 1 atom stereocenters. The third kappa shape index (κ3) is 2.68. The van der Waals surface area contributed by atoms with Crippen LogP contribution in [-0.4, -0.2) is 5.91 Å². The average Bonchev–Trinajstić information content (AvgIpc) is 3.11. The number of rotatable bonds is 4. The molecule has 1 N–H and O–H groups in total. The number of halogens is 1. The maximum atomic E-state index is 13.6.